The highest BCUT2D eigenvalue weighted by Gasteiger charge is 2.38. The minimum Gasteiger partial charge on any atom is -0.332 e. The van der Waals surface area contributed by atoms with Crippen molar-refractivity contribution in [2.45, 2.75) is 40.0 Å². The standard InChI is InChI=1S/C15H18F3N5O/c1-4-23-13(15(16,17)18)12(8-21-23)22-14(24)20-7-11-10(3)5-9(2)6-19-11/h5-6,8H,4,7H2,1-3H3,(H2,20,22,24). The van der Waals surface area contributed by atoms with Gasteiger partial charge < -0.3 is 10.6 Å². The minimum absolute atomic E-state index is 0.0463. The largest absolute Gasteiger partial charge is 0.435 e. The highest BCUT2D eigenvalue weighted by Crippen LogP contribution is 2.34. The zero-order valence-electron chi connectivity index (χ0n) is 13.5. The van der Waals surface area contributed by atoms with E-state index in [-0.39, 0.29) is 18.8 Å². The summed E-state index contributed by atoms with van der Waals surface area (Å²) in [6.45, 7) is 5.44. The molecule has 2 amide bonds. The molecule has 9 heteroatoms. The first-order chi connectivity index (χ1) is 11.2. The van der Waals surface area contributed by atoms with E-state index in [9.17, 15) is 18.0 Å². The first kappa shape index (κ1) is 17.8. The van der Waals surface area contributed by atoms with Crippen LogP contribution in [0.2, 0.25) is 0 Å². The molecule has 6 nitrogen and oxygen atoms in total. The van der Waals surface area contributed by atoms with Crippen LogP contribution < -0.4 is 10.6 Å². The summed E-state index contributed by atoms with van der Waals surface area (Å²) in [4.78, 5) is 16.1. The molecule has 0 atom stereocenters. The van der Waals surface area contributed by atoms with Crippen LogP contribution >= 0.6 is 0 Å². The lowest BCUT2D eigenvalue weighted by molar-refractivity contribution is -0.143. The number of alkyl halides is 3. The number of aromatic nitrogens is 3. The molecule has 0 fully saturated rings. The van der Waals surface area contributed by atoms with Crippen LogP contribution in [0, 0.1) is 13.8 Å². The Hall–Kier alpha value is -2.58. The zero-order valence-corrected chi connectivity index (χ0v) is 13.5. The van der Waals surface area contributed by atoms with Crippen molar-refractivity contribution in [1.82, 2.24) is 20.1 Å². The van der Waals surface area contributed by atoms with Crippen molar-refractivity contribution >= 4 is 11.7 Å². The molecule has 2 N–H and O–H groups in total. The van der Waals surface area contributed by atoms with Gasteiger partial charge in [0.15, 0.2) is 5.69 Å². The SMILES string of the molecule is CCn1ncc(NC(=O)NCc2ncc(C)cc2C)c1C(F)(F)F. The number of anilines is 1. The summed E-state index contributed by atoms with van der Waals surface area (Å²) in [7, 11) is 0. The third kappa shape index (κ3) is 4.03. The normalized spacial score (nSPS) is 11.4. The van der Waals surface area contributed by atoms with Crippen molar-refractivity contribution in [3.63, 3.8) is 0 Å². The molecule has 0 unspecified atom stereocenters. The van der Waals surface area contributed by atoms with E-state index < -0.39 is 17.9 Å². The molecule has 2 rings (SSSR count). The number of hydrogen-bond donors (Lipinski definition) is 2. The molecule has 0 aromatic carbocycles. The Bertz CT molecular complexity index is 739. The molecule has 0 aliphatic carbocycles. The summed E-state index contributed by atoms with van der Waals surface area (Å²) in [5, 5.41) is 8.33. The van der Waals surface area contributed by atoms with Crippen LogP contribution in [0.5, 0.6) is 0 Å². The molecule has 2 aromatic rings. The lowest BCUT2D eigenvalue weighted by atomic mass is 10.1. The molecule has 0 aliphatic rings. The predicted octanol–water partition coefficient (Wildman–Crippen LogP) is 3.26. The Labute approximate surface area is 137 Å². The quantitative estimate of drug-likeness (QED) is 0.897. The molecule has 0 aliphatic heterocycles. The molecule has 130 valence electrons. The Morgan fingerprint density at radius 1 is 1.29 bits per heavy atom. The number of pyridine rings is 1. The van der Waals surface area contributed by atoms with Crippen molar-refractivity contribution in [2.24, 2.45) is 0 Å². The van der Waals surface area contributed by atoms with Crippen LogP contribution in [0.3, 0.4) is 0 Å². The van der Waals surface area contributed by atoms with Crippen LogP contribution in [-0.2, 0) is 19.3 Å². The smallest absolute Gasteiger partial charge is 0.332 e. The summed E-state index contributed by atoms with van der Waals surface area (Å²) < 4.78 is 40.0. The topological polar surface area (TPSA) is 71.8 Å². The van der Waals surface area contributed by atoms with Crippen LogP contribution in [0.4, 0.5) is 23.7 Å². The number of nitrogens with zero attached hydrogens (tertiary/aromatic N) is 3. The van der Waals surface area contributed by atoms with Gasteiger partial charge in [0.2, 0.25) is 0 Å². The number of carbonyl (C=O) groups excluding carboxylic acids is 1. The van der Waals surface area contributed by atoms with Crippen molar-refractivity contribution in [3.05, 3.63) is 41.0 Å². The lowest BCUT2D eigenvalue weighted by Gasteiger charge is -2.13. The van der Waals surface area contributed by atoms with E-state index >= 15 is 0 Å². The molecule has 0 spiro atoms. The molecule has 0 saturated carbocycles. The van der Waals surface area contributed by atoms with E-state index in [0.29, 0.717) is 5.69 Å². The monoisotopic (exact) mass is 341 g/mol. The summed E-state index contributed by atoms with van der Waals surface area (Å²) >= 11 is 0. The number of rotatable bonds is 4. The van der Waals surface area contributed by atoms with Crippen molar-refractivity contribution in [1.29, 1.82) is 0 Å². The van der Waals surface area contributed by atoms with Gasteiger partial charge in [-0.15, -0.1) is 0 Å². The average molecular weight is 341 g/mol. The summed E-state index contributed by atoms with van der Waals surface area (Å²) in [5.41, 5.74) is 1.17. The van der Waals surface area contributed by atoms with Crippen LogP contribution in [0.25, 0.3) is 0 Å². The molecular weight excluding hydrogens is 323 g/mol. The number of halogens is 3. The fraction of sp³-hybridized carbons (Fsp3) is 0.400. The van der Waals surface area contributed by atoms with Crippen molar-refractivity contribution in [2.75, 3.05) is 5.32 Å². The second-order valence-corrected chi connectivity index (χ2v) is 5.30. The van der Waals surface area contributed by atoms with E-state index in [1.54, 1.807) is 6.20 Å². The van der Waals surface area contributed by atoms with Gasteiger partial charge in [-0.1, -0.05) is 6.07 Å². The first-order valence-electron chi connectivity index (χ1n) is 7.32. The van der Waals surface area contributed by atoms with Gasteiger partial charge in [0.1, 0.15) is 0 Å². The molecule has 24 heavy (non-hydrogen) atoms. The highest BCUT2D eigenvalue weighted by molar-refractivity contribution is 5.89. The molecule has 0 radical (unpaired) electrons. The van der Waals surface area contributed by atoms with Gasteiger partial charge in [0.25, 0.3) is 0 Å². The fourth-order valence-corrected chi connectivity index (χ4v) is 2.27. The maximum Gasteiger partial charge on any atom is 0.435 e. The van der Waals surface area contributed by atoms with E-state index in [2.05, 4.69) is 20.7 Å². The lowest BCUT2D eigenvalue weighted by Crippen LogP contribution is -2.30. The van der Waals surface area contributed by atoms with Gasteiger partial charge >= 0.3 is 12.2 Å². The molecule has 0 saturated heterocycles. The van der Waals surface area contributed by atoms with Crippen molar-refractivity contribution < 1.29 is 18.0 Å². The van der Waals surface area contributed by atoms with Crippen LogP contribution in [0.1, 0.15) is 29.4 Å². The number of carbonyl (C=O) groups is 1. The molecule has 2 aromatic heterocycles. The maximum atomic E-state index is 13.1. The van der Waals surface area contributed by atoms with Gasteiger partial charge in [-0.3, -0.25) is 9.67 Å². The number of amides is 2. The molecular formula is C15H18F3N5O. The Kier molecular flexibility index (Phi) is 5.10. The van der Waals surface area contributed by atoms with Gasteiger partial charge in [0.05, 0.1) is 24.1 Å². The van der Waals surface area contributed by atoms with E-state index in [1.807, 2.05) is 19.9 Å². The summed E-state index contributed by atoms with van der Waals surface area (Å²) in [6.07, 6.45) is -1.96. The van der Waals surface area contributed by atoms with E-state index in [1.165, 1.54) is 6.92 Å². The Balaban J connectivity index is 2.06. The number of urea groups is 1. The van der Waals surface area contributed by atoms with Gasteiger partial charge in [0, 0.05) is 12.7 Å². The third-order valence-electron chi connectivity index (χ3n) is 3.40. The van der Waals surface area contributed by atoms with Crippen LogP contribution in [-0.4, -0.2) is 20.8 Å². The summed E-state index contributed by atoms with van der Waals surface area (Å²) in [5.74, 6) is 0. The highest BCUT2D eigenvalue weighted by atomic mass is 19.4. The molecule has 2 heterocycles. The molecule has 0 bridgehead atoms. The van der Waals surface area contributed by atoms with E-state index in [0.717, 1.165) is 22.0 Å². The first-order valence-corrected chi connectivity index (χ1v) is 7.32. The van der Waals surface area contributed by atoms with Gasteiger partial charge in [-0.2, -0.15) is 18.3 Å². The fourth-order valence-electron chi connectivity index (χ4n) is 2.27. The Morgan fingerprint density at radius 2 is 2.00 bits per heavy atom. The third-order valence-corrected chi connectivity index (χ3v) is 3.40. The van der Waals surface area contributed by atoms with E-state index in [4.69, 9.17) is 0 Å². The zero-order chi connectivity index (χ0) is 17.9. The second kappa shape index (κ2) is 6.90. The number of aryl methyl sites for hydroxylation is 3. The van der Waals surface area contributed by atoms with Gasteiger partial charge in [-0.05, 0) is 31.9 Å². The Morgan fingerprint density at radius 3 is 2.58 bits per heavy atom. The predicted molar refractivity (Wildman–Crippen MR) is 82.5 cm³/mol. The average Bonchev–Trinajstić information content (AvgIpc) is 2.89. The maximum absolute atomic E-state index is 13.1. The number of hydrogen-bond acceptors (Lipinski definition) is 3. The summed E-state index contributed by atoms with van der Waals surface area (Å²) in [6, 6.07) is 1.16. The van der Waals surface area contributed by atoms with Gasteiger partial charge in [-0.25, -0.2) is 4.79 Å². The number of nitrogens with one attached hydrogen (secondary N) is 2. The van der Waals surface area contributed by atoms with Crippen molar-refractivity contribution in [3.8, 4) is 0 Å². The van der Waals surface area contributed by atoms with Crippen LogP contribution in [0.15, 0.2) is 18.5 Å². The minimum atomic E-state index is -4.61. The second-order valence-electron chi connectivity index (χ2n) is 5.30.